The zero-order chi connectivity index (χ0) is 23.2. The molecule has 6 rings (SSSR count). The summed E-state index contributed by atoms with van der Waals surface area (Å²) in [6, 6.07) is 28.6. The average Bonchev–Trinajstić information content (AvgIpc) is 2.82. The van der Waals surface area contributed by atoms with Gasteiger partial charge in [-0.25, -0.2) is 0 Å². The van der Waals surface area contributed by atoms with Crippen LogP contribution in [0.5, 0.6) is 0 Å². The van der Waals surface area contributed by atoms with Gasteiger partial charge in [0.1, 0.15) is 0 Å². The molecule has 2 aliphatic rings. The van der Waals surface area contributed by atoms with E-state index >= 15 is 0 Å². The first-order chi connectivity index (χ1) is 16.1. The van der Waals surface area contributed by atoms with Crippen molar-refractivity contribution in [1.29, 1.82) is 0 Å². The predicted octanol–water partition coefficient (Wildman–Crippen LogP) is 8.64. The Morgan fingerprint density at radius 3 is 1.30 bits per heavy atom. The molecular formula is C24H18Cl4N2PtS2+2. The molecule has 0 fully saturated rings. The molecule has 0 atom stereocenters. The predicted molar refractivity (Wildman–Crippen MR) is 145 cm³/mol. The summed E-state index contributed by atoms with van der Waals surface area (Å²) in [6.07, 6.45) is 0. The molecule has 4 aromatic carbocycles. The second kappa shape index (κ2) is 12.1. The van der Waals surface area contributed by atoms with Crippen molar-refractivity contribution in [1.82, 2.24) is 0 Å². The van der Waals surface area contributed by atoms with Crippen LogP contribution in [0.15, 0.2) is 105 Å². The monoisotopic (exact) mass is 733 g/mol. The van der Waals surface area contributed by atoms with Crippen molar-refractivity contribution in [3.05, 3.63) is 95.0 Å². The summed E-state index contributed by atoms with van der Waals surface area (Å²) in [5.74, 6) is 0. The van der Waals surface area contributed by atoms with Crippen LogP contribution >= 0.6 is 42.0 Å². The van der Waals surface area contributed by atoms with Gasteiger partial charge in [-0.3, -0.25) is 0 Å². The molecule has 9 heteroatoms. The van der Waals surface area contributed by atoms with Gasteiger partial charge < -0.3 is 10.6 Å². The quantitative estimate of drug-likeness (QED) is 0.121. The first kappa shape index (κ1) is 25.1. The van der Waals surface area contributed by atoms with E-state index in [-0.39, 0.29) is 0 Å². The molecular weight excluding hydrogens is 717 g/mol. The van der Waals surface area contributed by atoms with E-state index in [0.717, 1.165) is 21.4 Å². The molecule has 0 amide bonds. The molecule has 0 aliphatic carbocycles. The number of rotatable bonds is 0. The van der Waals surface area contributed by atoms with Gasteiger partial charge in [0.05, 0.1) is 46.3 Å². The Kier molecular flexibility index (Phi) is 9.24. The van der Waals surface area contributed by atoms with Crippen LogP contribution in [0.3, 0.4) is 0 Å². The number of hydrogen-bond donors (Lipinski definition) is 2. The Balaban J connectivity index is 0.000000141. The van der Waals surface area contributed by atoms with Gasteiger partial charge in [0, 0.05) is 10.0 Å². The van der Waals surface area contributed by atoms with Crippen LogP contribution in [0.2, 0.25) is 10.0 Å². The average molecular weight is 735 g/mol. The van der Waals surface area contributed by atoms with Gasteiger partial charge in [0.15, 0.2) is 19.6 Å². The second-order valence-electron chi connectivity index (χ2n) is 6.88. The van der Waals surface area contributed by atoms with Gasteiger partial charge in [-0.1, -0.05) is 47.5 Å². The summed E-state index contributed by atoms with van der Waals surface area (Å²) < 4.78 is 0. The molecule has 2 aliphatic heterocycles. The fraction of sp³-hybridized carbons (Fsp3) is 0. The minimum atomic E-state index is -0.472. The molecule has 2 N–H and O–H groups in total. The van der Waals surface area contributed by atoms with Gasteiger partial charge >= 0.3 is 35.3 Å². The van der Waals surface area contributed by atoms with Crippen LogP contribution in [0.25, 0.3) is 0 Å². The normalized spacial score (nSPS) is 12.1. The van der Waals surface area contributed by atoms with Gasteiger partial charge in [0.2, 0.25) is 0 Å². The SMILES string of the molecule is Clc1ccc2c(c1)Nc1ccccc1[SH+]2.Clc1ccc2c(c1)Nc1ccccc1[SH+]2.[Cl][Pt][Cl]. The number of para-hydroxylation sites is 2. The van der Waals surface area contributed by atoms with Crippen LogP contribution in [0.4, 0.5) is 22.7 Å². The van der Waals surface area contributed by atoms with Crippen molar-refractivity contribution < 1.29 is 16.5 Å². The van der Waals surface area contributed by atoms with Gasteiger partial charge in [-0.15, -0.1) is 0 Å². The van der Waals surface area contributed by atoms with E-state index in [2.05, 4.69) is 59.2 Å². The molecule has 0 radical (unpaired) electrons. The molecule has 0 saturated heterocycles. The Bertz CT molecular complexity index is 1180. The van der Waals surface area contributed by atoms with E-state index in [1.54, 1.807) is 0 Å². The molecule has 0 aromatic heterocycles. The Morgan fingerprint density at radius 1 is 0.515 bits per heavy atom. The molecule has 172 valence electrons. The van der Waals surface area contributed by atoms with E-state index < -0.39 is 16.5 Å². The standard InChI is InChI=1S/2C12H8ClNS.2ClH.Pt/c2*13-8-5-6-12-10(7-8)14-9-3-1-2-4-11(9)15-12;;;/h2*1-7,14H;2*1H;/q;;;;+2. The molecule has 0 unspecified atom stereocenters. The van der Waals surface area contributed by atoms with Crippen LogP contribution < -0.4 is 10.6 Å². The van der Waals surface area contributed by atoms with Crippen LogP contribution in [0, 0.1) is 0 Å². The van der Waals surface area contributed by atoms with Gasteiger partial charge in [0.25, 0.3) is 0 Å². The maximum absolute atomic E-state index is 5.96. The molecule has 0 spiro atoms. The zero-order valence-corrected chi connectivity index (χ0v) is 23.9. The number of nitrogens with one attached hydrogen (secondary N) is 2. The minimum absolute atomic E-state index is 0.472. The summed E-state index contributed by atoms with van der Waals surface area (Å²) >= 11 is 13.9. The second-order valence-corrected chi connectivity index (χ2v) is 13.4. The molecule has 4 aromatic rings. The summed E-state index contributed by atoms with van der Waals surface area (Å²) in [7, 11) is 9.75. The summed E-state index contributed by atoms with van der Waals surface area (Å²) in [6.45, 7) is 0. The van der Waals surface area contributed by atoms with Gasteiger partial charge in [-0.2, -0.15) is 0 Å². The number of anilines is 4. The van der Waals surface area contributed by atoms with Crippen molar-refractivity contribution in [3.8, 4) is 0 Å². The van der Waals surface area contributed by atoms with Crippen LogP contribution in [-0.4, -0.2) is 0 Å². The Hall–Kier alpha value is -0.972. The van der Waals surface area contributed by atoms with E-state index in [9.17, 15) is 0 Å². The zero-order valence-electron chi connectivity index (χ0n) is 16.8. The maximum atomic E-state index is 5.96. The first-order valence-corrected chi connectivity index (χ1v) is 17.8. The molecule has 2 heterocycles. The molecule has 0 saturated carbocycles. The van der Waals surface area contributed by atoms with E-state index in [1.807, 2.05) is 36.4 Å². The number of benzene rings is 4. The van der Waals surface area contributed by atoms with Crippen molar-refractivity contribution in [2.75, 3.05) is 10.6 Å². The molecule has 2 nitrogen and oxygen atoms in total. The van der Waals surface area contributed by atoms with Crippen LogP contribution in [-0.2, 0) is 40.0 Å². The van der Waals surface area contributed by atoms with Crippen molar-refractivity contribution >= 4 is 88.3 Å². The van der Waals surface area contributed by atoms with Gasteiger partial charge in [-0.05, 0) is 60.7 Å². The summed E-state index contributed by atoms with van der Waals surface area (Å²) in [5, 5.41) is 8.33. The number of fused-ring (bicyclic) bond motifs is 4. The summed E-state index contributed by atoms with van der Waals surface area (Å²) in [5.41, 5.74) is 4.58. The first-order valence-electron chi connectivity index (χ1n) is 9.64. The van der Waals surface area contributed by atoms with Crippen LogP contribution in [0.1, 0.15) is 0 Å². The number of thiol groups is 2. The third-order valence-electron chi connectivity index (χ3n) is 4.75. The van der Waals surface area contributed by atoms with Crippen molar-refractivity contribution in [2.24, 2.45) is 0 Å². The Labute approximate surface area is 228 Å². The molecule has 33 heavy (non-hydrogen) atoms. The van der Waals surface area contributed by atoms with Crippen molar-refractivity contribution in [3.63, 3.8) is 0 Å². The third-order valence-corrected chi connectivity index (χ3v) is 7.74. The Morgan fingerprint density at radius 2 is 0.879 bits per heavy atom. The van der Waals surface area contributed by atoms with Crippen molar-refractivity contribution in [2.45, 2.75) is 19.6 Å². The van der Waals surface area contributed by atoms with E-state index in [4.69, 9.17) is 42.0 Å². The number of hydrogen-bond acceptors (Lipinski definition) is 2. The fourth-order valence-corrected chi connectivity index (χ4v) is 5.78. The summed E-state index contributed by atoms with van der Waals surface area (Å²) in [4.78, 5) is 5.18. The topological polar surface area (TPSA) is 24.1 Å². The van der Waals surface area contributed by atoms with E-state index in [0.29, 0.717) is 0 Å². The fourth-order valence-electron chi connectivity index (χ4n) is 3.32. The third kappa shape index (κ3) is 6.58. The van der Waals surface area contributed by atoms with E-state index in [1.165, 1.54) is 54.5 Å². The number of halogens is 4. The molecule has 0 bridgehead atoms.